The van der Waals surface area contributed by atoms with Gasteiger partial charge in [-0.05, 0) is 12.8 Å². The predicted molar refractivity (Wildman–Crippen MR) is 66.7 cm³/mol. The zero-order valence-electron chi connectivity index (χ0n) is 11.5. The van der Waals surface area contributed by atoms with Crippen LogP contribution in [0.1, 0.15) is 24.6 Å². The fourth-order valence-electron chi connectivity index (χ4n) is 1.83. The molecule has 1 aromatic heterocycles. The van der Waals surface area contributed by atoms with E-state index in [0.29, 0.717) is 18.3 Å². The molecule has 20 heavy (non-hydrogen) atoms. The summed E-state index contributed by atoms with van der Waals surface area (Å²) in [4.78, 5) is 15.6. The topological polar surface area (TPSA) is 95.7 Å². The first-order chi connectivity index (χ1) is 9.78. The number of amides is 1. The molecule has 0 unspecified atom stereocenters. The van der Waals surface area contributed by atoms with Gasteiger partial charge in [0, 0.05) is 13.7 Å². The van der Waals surface area contributed by atoms with E-state index in [4.69, 9.17) is 18.7 Å². The second-order valence-corrected chi connectivity index (χ2v) is 4.46. The van der Waals surface area contributed by atoms with Crippen LogP contribution >= 0.6 is 0 Å². The van der Waals surface area contributed by atoms with Gasteiger partial charge in [0.1, 0.15) is 13.2 Å². The molecule has 1 aliphatic heterocycles. The third-order valence-electron chi connectivity index (χ3n) is 2.78. The number of nitrogens with zero attached hydrogens (tertiary/aromatic N) is 2. The number of hydrogen-bond donors (Lipinski definition) is 1. The van der Waals surface area contributed by atoms with Gasteiger partial charge < -0.3 is 24.1 Å². The Kier molecular flexibility index (Phi) is 5.90. The van der Waals surface area contributed by atoms with Gasteiger partial charge in [0.05, 0.1) is 19.3 Å². The standard InChI is InChI=1S/C12H19N3O5/c1-17-8-12-14-10(15-20-12)5-13-11(16)7-18-6-9-3-2-4-19-9/h9H,2-8H2,1H3,(H,13,16)/t9-/m0/s1. The van der Waals surface area contributed by atoms with Crippen molar-refractivity contribution >= 4 is 5.91 Å². The minimum atomic E-state index is -0.221. The molecule has 2 heterocycles. The summed E-state index contributed by atoms with van der Waals surface area (Å²) in [6.07, 6.45) is 2.17. The number of ether oxygens (including phenoxy) is 3. The molecule has 8 heteroatoms. The van der Waals surface area contributed by atoms with Crippen molar-refractivity contribution in [1.29, 1.82) is 0 Å². The highest BCUT2D eigenvalue weighted by Gasteiger charge is 2.16. The Labute approximate surface area is 116 Å². The third-order valence-corrected chi connectivity index (χ3v) is 2.78. The Morgan fingerprint density at radius 2 is 2.45 bits per heavy atom. The molecule has 1 fully saturated rings. The summed E-state index contributed by atoms with van der Waals surface area (Å²) in [6, 6.07) is 0. The van der Waals surface area contributed by atoms with Crippen LogP contribution in [-0.4, -0.2) is 49.1 Å². The lowest BCUT2D eigenvalue weighted by Crippen LogP contribution is -2.29. The van der Waals surface area contributed by atoms with Crippen molar-refractivity contribution in [2.75, 3.05) is 26.9 Å². The van der Waals surface area contributed by atoms with Crippen molar-refractivity contribution in [3.05, 3.63) is 11.7 Å². The molecule has 0 spiro atoms. The largest absolute Gasteiger partial charge is 0.376 e. The van der Waals surface area contributed by atoms with Crippen LogP contribution in [0.3, 0.4) is 0 Å². The molecule has 1 amide bonds. The summed E-state index contributed by atoms with van der Waals surface area (Å²) in [5.41, 5.74) is 0. The Morgan fingerprint density at radius 3 is 3.20 bits per heavy atom. The molecule has 112 valence electrons. The molecule has 0 saturated carbocycles. The lowest BCUT2D eigenvalue weighted by atomic mass is 10.2. The van der Waals surface area contributed by atoms with Crippen molar-refractivity contribution in [1.82, 2.24) is 15.5 Å². The summed E-state index contributed by atoms with van der Waals surface area (Å²) in [7, 11) is 1.54. The van der Waals surface area contributed by atoms with Gasteiger partial charge in [0.2, 0.25) is 5.91 Å². The van der Waals surface area contributed by atoms with E-state index < -0.39 is 0 Å². The highest BCUT2D eigenvalue weighted by molar-refractivity contribution is 5.77. The van der Waals surface area contributed by atoms with Gasteiger partial charge in [0.15, 0.2) is 5.82 Å². The van der Waals surface area contributed by atoms with Crippen LogP contribution in [-0.2, 0) is 32.2 Å². The van der Waals surface area contributed by atoms with Gasteiger partial charge in [0.25, 0.3) is 5.89 Å². The van der Waals surface area contributed by atoms with Crippen LogP contribution in [0, 0.1) is 0 Å². The van der Waals surface area contributed by atoms with E-state index in [0.717, 1.165) is 19.4 Å². The van der Waals surface area contributed by atoms with Gasteiger partial charge >= 0.3 is 0 Å². The molecular weight excluding hydrogens is 266 g/mol. The Morgan fingerprint density at radius 1 is 1.55 bits per heavy atom. The maximum atomic E-state index is 11.5. The second-order valence-electron chi connectivity index (χ2n) is 4.46. The van der Waals surface area contributed by atoms with Crippen molar-refractivity contribution in [2.24, 2.45) is 0 Å². The van der Waals surface area contributed by atoms with Crippen molar-refractivity contribution < 1.29 is 23.5 Å². The molecule has 0 radical (unpaired) electrons. The third kappa shape index (κ3) is 4.87. The second kappa shape index (κ2) is 7.93. The molecule has 0 bridgehead atoms. The van der Waals surface area contributed by atoms with E-state index in [1.807, 2.05) is 0 Å². The lowest BCUT2D eigenvalue weighted by molar-refractivity contribution is -0.127. The van der Waals surface area contributed by atoms with Crippen molar-refractivity contribution in [3.8, 4) is 0 Å². The molecule has 1 aromatic rings. The zero-order valence-corrected chi connectivity index (χ0v) is 11.5. The Hall–Kier alpha value is -1.51. The molecule has 1 aliphatic rings. The average molecular weight is 285 g/mol. The quantitative estimate of drug-likeness (QED) is 0.719. The first-order valence-electron chi connectivity index (χ1n) is 6.54. The highest BCUT2D eigenvalue weighted by atomic mass is 16.5. The molecule has 0 aliphatic carbocycles. The Balaban J connectivity index is 1.58. The minimum Gasteiger partial charge on any atom is -0.376 e. The normalized spacial score (nSPS) is 18.4. The van der Waals surface area contributed by atoms with E-state index in [1.165, 1.54) is 7.11 Å². The monoisotopic (exact) mass is 285 g/mol. The van der Waals surface area contributed by atoms with Crippen LogP contribution in [0.5, 0.6) is 0 Å². The smallest absolute Gasteiger partial charge is 0.252 e. The number of methoxy groups -OCH3 is 1. The molecule has 2 rings (SSSR count). The SMILES string of the molecule is COCc1nc(CNC(=O)COC[C@@H]2CCCO2)no1. The number of nitrogens with one attached hydrogen (secondary N) is 1. The van der Waals surface area contributed by atoms with Crippen LogP contribution < -0.4 is 5.32 Å². The van der Waals surface area contributed by atoms with Crippen molar-refractivity contribution in [2.45, 2.75) is 32.1 Å². The maximum absolute atomic E-state index is 11.5. The molecule has 1 atom stereocenters. The fourth-order valence-corrected chi connectivity index (χ4v) is 1.83. The molecule has 1 saturated heterocycles. The lowest BCUT2D eigenvalue weighted by Gasteiger charge is -2.09. The molecule has 0 aromatic carbocycles. The minimum absolute atomic E-state index is 0.00262. The number of rotatable bonds is 8. The van der Waals surface area contributed by atoms with E-state index >= 15 is 0 Å². The number of carbonyl (C=O) groups is 1. The van der Waals surface area contributed by atoms with Gasteiger partial charge in [-0.25, -0.2) is 0 Å². The van der Waals surface area contributed by atoms with Gasteiger partial charge in [-0.2, -0.15) is 4.98 Å². The zero-order chi connectivity index (χ0) is 14.2. The first-order valence-corrected chi connectivity index (χ1v) is 6.54. The summed E-state index contributed by atoms with van der Waals surface area (Å²) >= 11 is 0. The van der Waals surface area contributed by atoms with Gasteiger partial charge in [-0.3, -0.25) is 4.79 Å². The van der Waals surface area contributed by atoms with Crippen LogP contribution in [0.25, 0.3) is 0 Å². The van der Waals surface area contributed by atoms with Crippen LogP contribution in [0.4, 0.5) is 0 Å². The van der Waals surface area contributed by atoms with E-state index in [-0.39, 0.29) is 31.8 Å². The average Bonchev–Trinajstić information content (AvgIpc) is 3.08. The predicted octanol–water partition coefficient (Wildman–Crippen LogP) is 0.0278. The van der Waals surface area contributed by atoms with E-state index in [2.05, 4.69) is 15.5 Å². The summed E-state index contributed by atoms with van der Waals surface area (Å²) < 4.78 is 20.4. The molecule has 8 nitrogen and oxygen atoms in total. The maximum Gasteiger partial charge on any atom is 0.252 e. The van der Waals surface area contributed by atoms with E-state index in [9.17, 15) is 4.79 Å². The highest BCUT2D eigenvalue weighted by Crippen LogP contribution is 2.11. The van der Waals surface area contributed by atoms with Crippen LogP contribution in [0.2, 0.25) is 0 Å². The fraction of sp³-hybridized carbons (Fsp3) is 0.750. The van der Waals surface area contributed by atoms with E-state index in [1.54, 1.807) is 0 Å². The van der Waals surface area contributed by atoms with Crippen LogP contribution in [0.15, 0.2) is 4.52 Å². The number of aromatic nitrogens is 2. The molecular formula is C12H19N3O5. The summed E-state index contributed by atoms with van der Waals surface area (Å²) in [5, 5.41) is 6.36. The molecule has 1 N–H and O–H groups in total. The summed E-state index contributed by atoms with van der Waals surface area (Å²) in [6.45, 7) is 1.69. The van der Waals surface area contributed by atoms with Gasteiger partial charge in [-0.1, -0.05) is 5.16 Å². The number of hydrogen-bond acceptors (Lipinski definition) is 7. The number of carbonyl (C=O) groups excluding carboxylic acids is 1. The first kappa shape index (κ1) is 14.9. The Bertz CT molecular complexity index is 417. The summed E-state index contributed by atoms with van der Waals surface area (Å²) in [5.74, 6) is 0.567. The van der Waals surface area contributed by atoms with Gasteiger partial charge in [-0.15, -0.1) is 0 Å². The van der Waals surface area contributed by atoms with Crippen molar-refractivity contribution in [3.63, 3.8) is 0 Å².